The maximum absolute atomic E-state index is 12.1. The molecule has 0 radical (unpaired) electrons. The fourth-order valence-corrected chi connectivity index (χ4v) is 2.17. The molecule has 5 heteroatoms. The molecule has 0 bridgehead atoms. The van der Waals surface area contributed by atoms with Crippen LogP contribution in [0.1, 0.15) is 29.6 Å². The number of aromatic amines is 1. The molecule has 3 rings (SSSR count). The van der Waals surface area contributed by atoms with Gasteiger partial charge in [0.05, 0.1) is 5.56 Å². The summed E-state index contributed by atoms with van der Waals surface area (Å²) in [5, 5.41) is 6.57. The SMILES string of the molecule is O=C(CCNC(=O)c1c[nH]c2ccccc12)NC1CC1. The van der Waals surface area contributed by atoms with E-state index in [9.17, 15) is 9.59 Å². The van der Waals surface area contributed by atoms with Crippen molar-refractivity contribution in [2.24, 2.45) is 0 Å². The van der Waals surface area contributed by atoms with Gasteiger partial charge in [-0.3, -0.25) is 9.59 Å². The molecule has 0 spiro atoms. The van der Waals surface area contributed by atoms with Crippen molar-refractivity contribution >= 4 is 22.7 Å². The van der Waals surface area contributed by atoms with Crippen molar-refractivity contribution in [2.75, 3.05) is 6.54 Å². The van der Waals surface area contributed by atoms with Crippen molar-refractivity contribution in [1.29, 1.82) is 0 Å². The molecular formula is C15H17N3O2. The van der Waals surface area contributed by atoms with Gasteiger partial charge in [0.2, 0.25) is 5.91 Å². The van der Waals surface area contributed by atoms with E-state index in [-0.39, 0.29) is 11.8 Å². The Labute approximate surface area is 116 Å². The molecule has 1 aliphatic carbocycles. The predicted molar refractivity (Wildman–Crippen MR) is 76.4 cm³/mol. The summed E-state index contributed by atoms with van der Waals surface area (Å²) >= 11 is 0. The summed E-state index contributed by atoms with van der Waals surface area (Å²) in [5.74, 6) is -0.145. The van der Waals surface area contributed by atoms with E-state index in [4.69, 9.17) is 0 Å². The highest BCUT2D eigenvalue weighted by Gasteiger charge is 2.22. The predicted octanol–water partition coefficient (Wildman–Crippen LogP) is 1.57. The average Bonchev–Trinajstić information content (AvgIpc) is 3.15. The summed E-state index contributed by atoms with van der Waals surface area (Å²) < 4.78 is 0. The van der Waals surface area contributed by atoms with Crippen molar-refractivity contribution in [3.63, 3.8) is 0 Å². The standard InChI is InChI=1S/C15H17N3O2/c19-14(18-10-5-6-10)7-8-16-15(20)12-9-17-13-4-2-1-3-11(12)13/h1-4,9-10,17H,5-8H2,(H,16,20)(H,18,19). The van der Waals surface area contributed by atoms with Crippen LogP contribution >= 0.6 is 0 Å². The molecule has 1 heterocycles. The second kappa shape index (κ2) is 5.36. The highest BCUT2D eigenvalue weighted by atomic mass is 16.2. The average molecular weight is 271 g/mol. The van der Waals surface area contributed by atoms with E-state index in [0.29, 0.717) is 24.6 Å². The van der Waals surface area contributed by atoms with Gasteiger partial charge in [-0.1, -0.05) is 18.2 Å². The minimum Gasteiger partial charge on any atom is -0.360 e. The molecule has 0 unspecified atom stereocenters. The first-order chi connectivity index (χ1) is 9.74. The molecular weight excluding hydrogens is 254 g/mol. The lowest BCUT2D eigenvalue weighted by Gasteiger charge is -2.05. The number of hydrogen-bond donors (Lipinski definition) is 3. The Bertz CT molecular complexity index is 643. The molecule has 2 aromatic rings. The zero-order chi connectivity index (χ0) is 13.9. The second-order valence-electron chi connectivity index (χ2n) is 5.10. The molecule has 1 aromatic heterocycles. The Morgan fingerprint density at radius 2 is 2.05 bits per heavy atom. The van der Waals surface area contributed by atoms with Crippen LogP contribution in [-0.4, -0.2) is 29.4 Å². The molecule has 0 atom stereocenters. The molecule has 20 heavy (non-hydrogen) atoms. The van der Waals surface area contributed by atoms with Crippen LogP contribution in [0.4, 0.5) is 0 Å². The van der Waals surface area contributed by atoms with Gasteiger partial charge in [-0.2, -0.15) is 0 Å². The van der Waals surface area contributed by atoms with Crippen LogP contribution in [0.5, 0.6) is 0 Å². The quantitative estimate of drug-likeness (QED) is 0.772. The largest absolute Gasteiger partial charge is 0.360 e. The van der Waals surface area contributed by atoms with Gasteiger partial charge in [-0.25, -0.2) is 0 Å². The molecule has 104 valence electrons. The van der Waals surface area contributed by atoms with Gasteiger partial charge in [0.25, 0.3) is 5.91 Å². The lowest BCUT2D eigenvalue weighted by atomic mass is 10.1. The summed E-state index contributed by atoms with van der Waals surface area (Å²) in [5.41, 5.74) is 1.55. The molecule has 1 fully saturated rings. The summed E-state index contributed by atoms with van der Waals surface area (Å²) in [7, 11) is 0. The third-order valence-electron chi connectivity index (χ3n) is 3.41. The van der Waals surface area contributed by atoms with Gasteiger partial charge in [0.15, 0.2) is 0 Å². The van der Waals surface area contributed by atoms with Crippen LogP contribution in [-0.2, 0) is 4.79 Å². The van der Waals surface area contributed by atoms with Crippen LogP contribution < -0.4 is 10.6 Å². The smallest absolute Gasteiger partial charge is 0.253 e. The summed E-state index contributed by atoms with van der Waals surface area (Å²) in [6, 6.07) is 8.01. The molecule has 3 N–H and O–H groups in total. The third-order valence-corrected chi connectivity index (χ3v) is 3.41. The number of hydrogen-bond acceptors (Lipinski definition) is 2. The van der Waals surface area contributed by atoms with Crippen LogP contribution in [0.2, 0.25) is 0 Å². The Kier molecular flexibility index (Phi) is 3.41. The van der Waals surface area contributed by atoms with Gasteiger partial charge in [-0.15, -0.1) is 0 Å². The third kappa shape index (κ3) is 2.82. The van der Waals surface area contributed by atoms with E-state index in [0.717, 1.165) is 23.7 Å². The van der Waals surface area contributed by atoms with E-state index in [1.165, 1.54) is 0 Å². The number of carbonyl (C=O) groups is 2. The number of aromatic nitrogens is 1. The summed E-state index contributed by atoms with van der Waals surface area (Å²) in [6.45, 7) is 0.358. The zero-order valence-electron chi connectivity index (χ0n) is 11.1. The Balaban J connectivity index is 1.54. The fraction of sp³-hybridized carbons (Fsp3) is 0.333. The number of H-pyrrole nitrogens is 1. The topological polar surface area (TPSA) is 74.0 Å². The molecule has 1 saturated carbocycles. The van der Waals surface area contributed by atoms with Gasteiger partial charge in [0, 0.05) is 36.1 Å². The Morgan fingerprint density at radius 3 is 2.85 bits per heavy atom. The number of rotatable bonds is 5. The van der Waals surface area contributed by atoms with Gasteiger partial charge < -0.3 is 15.6 Å². The summed E-state index contributed by atoms with van der Waals surface area (Å²) in [4.78, 5) is 26.6. The zero-order valence-corrected chi connectivity index (χ0v) is 11.1. The maximum Gasteiger partial charge on any atom is 0.253 e. The number of nitrogens with one attached hydrogen (secondary N) is 3. The van der Waals surface area contributed by atoms with E-state index in [1.54, 1.807) is 6.20 Å². The van der Waals surface area contributed by atoms with E-state index in [1.807, 2.05) is 24.3 Å². The van der Waals surface area contributed by atoms with Crippen molar-refractivity contribution in [1.82, 2.24) is 15.6 Å². The molecule has 5 nitrogen and oxygen atoms in total. The van der Waals surface area contributed by atoms with Crippen LogP contribution in [0.3, 0.4) is 0 Å². The van der Waals surface area contributed by atoms with Crippen molar-refractivity contribution in [3.8, 4) is 0 Å². The highest BCUT2D eigenvalue weighted by molar-refractivity contribution is 6.06. The van der Waals surface area contributed by atoms with Gasteiger partial charge in [-0.05, 0) is 18.9 Å². The molecule has 0 aliphatic heterocycles. The first-order valence-electron chi connectivity index (χ1n) is 6.88. The van der Waals surface area contributed by atoms with Crippen molar-refractivity contribution in [3.05, 3.63) is 36.0 Å². The lowest BCUT2D eigenvalue weighted by molar-refractivity contribution is -0.121. The Hall–Kier alpha value is -2.30. The van der Waals surface area contributed by atoms with Crippen molar-refractivity contribution < 1.29 is 9.59 Å². The number of amides is 2. The minimum atomic E-state index is -0.151. The highest BCUT2D eigenvalue weighted by Crippen LogP contribution is 2.19. The Morgan fingerprint density at radius 1 is 1.25 bits per heavy atom. The van der Waals surface area contributed by atoms with Gasteiger partial charge in [0.1, 0.15) is 0 Å². The molecule has 1 aromatic carbocycles. The maximum atomic E-state index is 12.1. The van der Waals surface area contributed by atoms with Gasteiger partial charge >= 0.3 is 0 Å². The number of benzene rings is 1. The minimum absolute atomic E-state index is 0.00623. The number of carbonyl (C=O) groups excluding carboxylic acids is 2. The van der Waals surface area contributed by atoms with Crippen LogP contribution in [0.25, 0.3) is 10.9 Å². The van der Waals surface area contributed by atoms with Crippen LogP contribution in [0.15, 0.2) is 30.5 Å². The van der Waals surface area contributed by atoms with E-state index >= 15 is 0 Å². The van der Waals surface area contributed by atoms with Crippen molar-refractivity contribution in [2.45, 2.75) is 25.3 Å². The van der Waals surface area contributed by atoms with E-state index in [2.05, 4.69) is 15.6 Å². The van der Waals surface area contributed by atoms with Crippen LogP contribution in [0, 0.1) is 0 Å². The first-order valence-corrected chi connectivity index (χ1v) is 6.88. The second-order valence-corrected chi connectivity index (χ2v) is 5.10. The lowest BCUT2D eigenvalue weighted by Crippen LogP contribution is -2.31. The van der Waals surface area contributed by atoms with E-state index < -0.39 is 0 Å². The first kappa shape index (κ1) is 12.7. The monoisotopic (exact) mass is 271 g/mol. The summed E-state index contributed by atoms with van der Waals surface area (Å²) in [6.07, 6.45) is 4.18. The fourth-order valence-electron chi connectivity index (χ4n) is 2.17. The molecule has 0 saturated heterocycles. The number of para-hydroxylation sites is 1. The number of fused-ring (bicyclic) bond motifs is 1. The molecule has 1 aliphatic rings. The normalized spacial score (nSPS) is 14.2. The molecule has 2 amide bonds.